The summed E-state index contributed by atoms with van der Waals surface area (Å²) in [4.78, 5) is 13.7. The van der Waals surface area contributed by atoms with Crippen LogP contribution in [-0.4, -0.2) is 67.0 Å². The number of sulfonamides is 1. The van der Waals surface area contributed by atoms with Crippen molar-refractivity contribution in [3.05, 3.63) is 0 Å². The van der Waals surface area contributed by atoms with Gasteiger partial charge in [-0.2, -0.15) is 4.31 Å². The lowest BCUT2D eigenvalue weighted by molar-refractivity contribution is -0.0906. The van der Waals surface area contributed by atoms with Crippen LogP contribution in [0, 0.1) is 0 Å². The number of likely N-dealkylation sites (tertiary alicyclic amines) is 1. The molecule has 2 aliphatic heterocycles. The summed E-state index contributed by atoms with van der Waals surface area (Å²) in [6.07, 6.45) is 0.599. The predicted octanol–water partition coefficient (Wildman–Crippen LogP) is 1.40. The van der Waals surface area contributed by atoms with Crippen molar-refractivity contribution in [1.82, 2.24) is 9.21 Å². The van der Waals surface area contributed by atoms with Gasteiger partial charge in [0.25, 0.3) is 0 Å². The summed E-state index contributed by atoms with van der Waals surface area (Å²) in [6.45, 7) is 8.78. The fraction of sp³-hybridized carbons (Fsp3) is 0.929. The molecule has 0 aliphatic carbocycles. The summed E-state index contributed by atoms with van der Waals surface area (Å²) in [5.41, 5.74) is -1.32. The van der Waals surface area contributed by atoms with Gasteiger partial charge < -0.3 is 14.4 Å². The van der Waals surface area contributed by atoms with Gasteiger partial charge in [0.1, 0.15) is 11.3 Å². The maximum atomic E-state index is 12.2. The van der Waals surface area contributed by atoms with Crippen molar-refractivity contribution in [2.75, 3.05) is 32.0 Å². The first-order chi connectivity index (χ1) is 10.1. The molecule has 128 valence electrons. The van der Waals surface area contributed by atoms with Gasteiger partial charge >= 0.3 is 6.09 Å². The van der Waals surface area contributed by atoms with Gasteiger partial charge in [-0.1, -0.05) is 0 Å². The van der Waals surface area contributed by atoms with Gasteiger partial charge in [0.2, 0.25) is 10.0 Å². The van der Waals surface area contributed by atoms with Gasteiger partial charge in [0, 0.05) is 32.5 Å². The average molecular weight is 334 g/mol. The summed E-state index contributed by atoms with van der Waals surface area (Å²) in [5, 5.41) is 0. The Morgan fingerprint density at radius 1 is 1.23 bits per heavy atom. The Morgan fingerprint density at radius 3 is 2.32 bits per heavy atom. The van der Waals surface area contributed by atoms with E-state index < -0.39 is 21.3 Å². The smallest absolute Gasteiger partial charge is 0.410 e. The fourth-order valence-corrected chi connectivity index (χ4v) is 4.31. The Morgan fingerprint density at radius 2 is 1.82 bits per heavy atom. The topological polar surface area (TPSA) is 76.2 Å². The van der Waals surface area contributed by atoms with E-state index in [0.29, 0.717) is 39.1 Å². The normalized spacial score (nSPS) is 23.0. The van der Waals surface area contributed by atoms with E-state index in [1.807, 2.05) is 20.8 Å². The van der Waals surface area contributed by atoms with Crippen LogP contribution in [0.4, 0.5) is 4.79 Å². The second kappa shape index (κ2) is 5.98. The molecule has 2 rings (SSSR count). The number of nitrogens with zero attached hydrogens (tertiary/aromatic N) is 2. The Kier molecular flexibility index (Phi) is 4.75. The van der Waals surface area contributed by atoms with Crippen LogP contribution in [0.15, 0.2) is 0 Å². The Bertz CT molecular complexity index is 518. The molecule has 1 amide bonds. The fourth-order valence-electron chi connectivity index (χ4n) is 2.90. The van der Waals surface area contributed by atoms with Crippen molar-refractivity contribution >= 4 is 16.1 Å². The number of ether oxygens (including phenoxy) is 2. The van der Waals surface area contributed by atoms with E-state index in [-0.39, 0.29) is 11.8 Å². The van der Waals surface area contributed by atoms with E-state index in [1.165, 1.54) is 4.31 Å². The molecule has 2 aliphatic rings. The lowest BCUT2D eigenvalue weighted by atomic mass is 10.0. The van der Waals surface area contributed by atoms with Gasteiger partial charge in [-0.25, -0.2) is 13.2 Å². The largest absolute Gasteiger partial charge is 0.444 e. The average Bonchev–Trinajstić information content (AvgIpc) is 2.82. The summed E-state index contributed by atoms with van der Waals surface area (Å²) in [7, 11) is -3.30. The van der Waals surface area contributed by atoms with Crippen LogP contribution in [0.25, 0.3) is 0 Å². The lowest BCUT2D eigenvalue weighted by Crippen LogP contribution is -2.56. The van der Waals surface area contributed by atoms with E-state index in [1.54, 1.807) is 11.8 Å². The molecule has 0 N–H and O–H groups in total. The summed E-state index contributed by atoms with van der Waals surface area (Å²) >= 11 is 0. The van der Waals surface area contributed by atoms with Gasteiger partial charge in [-0.05, 0) is 27.7 Å². The molecule has 0 unspecified atom stereocenters. The minimum atomic E-state index is -3.30. The number of amides is 1. The zero-order valence-electron chi connectivity index (χ0n) is 13.8. The molecule has 0 aromatic rings. The second-order valence-electron chi connectivity index (χ2n) is 6.73. The molecule has 8 heteroatoms. The molecule has 2 fully saturated rings. The molecule has 0 bridgehead atoms. The van der Waals surface area contributed by atoms with Crippen molar-refractivity contribution in [2.24, 2.45) is 0 Å². The zero-order chi connectivity index (χ0) is 16.6. The van der Waals surface area contributed by atoms with Crippen molar-refractivity contribution in [3.63, 3.8) is 0 Å². The highest BCUT2D eigenvalue weighted by atomic mass is 32.2. The summed E-state index contributed by atoms with van der Waals surface area (Å²) in [5.74, 6) is 0.0634. The number of carbonyl (C=O) groups excluding carboxylic acids is 1. The molecule has 2 heterocycles. The minimum absolute atomic E-state index is 0.0634. The maximum Gasteiger partial charge on any atom is 0.410 e. The van der Waals surface area contributed by atoms with Crippen LogP contribution >= 0.6 is 0 Å². The third kappa shape index (κ3) is 3.55. The zero-order valence-corrected chi connectivity index (χ0v) is 14.6. The molecule has 0 aromatic heterocycles. The molecular formula is C14H26N2O5S. The van der Waals surface area contributed by atoms with Crippen LogP contribution in [0.5, 0.6) is 0 Å². The molecule has 0 aromatic carbocycles. The number of carbonyl (C=O) groups is 1. The standard InChI is InChI=1S/C14H26N2O5S/c1-5-22(18,19)16-10-11-20-14(16)6-8-15(9-7-14)12(17)21-13(2,3)4/h5-11H2,1-4H3. The van der Waals surface area contributed by atoms with Gasteiger partial charge in [-0.15, -0.1) is 0 Å². The maximum absolute atomic E-state index is 12.2. The first-order valence-electron chi connectivity index (χ1n) is 7.72. The molecule has 22 heavy (non-hydrogen) atoms. The Balaban J connectivity index is 2.03. The monoisotopic (exact) mass is 334 g/mol. The summed E-state index contributed by atoms with van der Waals surface area (Å²) < 4.78 is 37.1. The van der Waals surface area contributed by atoms with E-state index in [2.05, 4.69) is 0 Å². The number of piperidine rings is 1. The van der Waals surface area contributed by atoms with Gasteiger partial charge in [0.15, 0.2) is 0 Å². The first-order valence-corrected chi connectivity index (χ1v) is 9.33. The Hall–Kier alpha value is -0.860. The highest BCUT2D eigenvalue weighted by molar-refractivity contribution is 7.89. The highest BCUT2D eigenvalue weighted by Gasteiger charge is 2.50. The van der Waals surface area contributed by atoms with Crippen LogP contribution in [0.1, 0.15) is 40.5 Å². The molecule has 7 nitrogen and oxygen atoms in total. The second-order valence-corrected chi connectivity index (χ2v) is 8.92. The number of hydrogen-bond acceptors (Lipinski definition) is 5. The molecule has 1 spiro atoms. The third-order valence-electron chi connectivity index (χ3n) is 4.02. The SMILES string of the molecule is CCS(=O)(=O)N1CCOC12CCN(C(=O)OC(C)(C)C)CC2. The lowest BCUT2D eigenvalue weighted by Gasteiger charge is -2.42. The minimum Gasteiger partial charge on any atom is -0.444 e. The van der Waals surface area contributed by atoms with E-state index >= 15 is 0 Å². The quantitative estimate of drug-likeness (QED) is 0.763. The number of hydrogen-bond donors (Lipinski definition) is 0. The van der Waals surface area contributed by atoms with Crippen molar-refractivity contribution < 1.29 is 22.7 Å². The molecular weight excluding hydrogens is 308 g/mol. The van der Waals surface area contributed by atoms with Gasteiger partial charge in [-0.3, -0.25) is 0 Å². The van der Waals surface area contributed by atoms with E-state index in [0.717, 1.165) is 0 Å². The van der Waals surface area contributed by atoms with Gasteiger partial charge in [0.05, 0.1) is 12.4 Å². The predicted molar refractivity (Wildman–Crippen MR) is 81.9 cm³/mol. The molecule has 0 atom stereocenters. The van der Waals surface area contributed by atoms with Crippen LogP contribution in [0.2, 0.25) is 0 Å². The van der Waals surface area contributed by atoms with E-state index in [9.17, 15) is 13.2 Å². The third-order valence-corrected chi connectivity index (χ3v) is 5.93. The molecule has 0 saturated carbocycles. The van der Waals surface area contributed by atoms with Crippen LogP contribution in [0.3, 0.4) is 0 Å². The Labute approximate surface area is 132 Å². The first kappa shape index (κ1) is 17.5. The van der Waals surface area contributed by atoms with Crippen molar-refractivity contribution in [2.45, 2.75) is 51.9 Å². The van der Waals surface area contributed by atoms with Crippen LogP contribution in [-0.2, 0) is 19.5 Å². The summed E-state index contributed by atoms with van der Waals surface area (Å²) in [6, 6.07) is 0. The van der Waals surface area contributed by atoms with Crippen LogP contribution < -0.4 is 0 Å². The number of rotatable bonds is 2. The van der Waals surface area contributed by atoms with Crippen molar-refractivity contribution in [1.29, 1.82) is 0 Å². The molecule has 0 radical (unpaired) electrons. The highest BCUT2D eigenvalue weighted by Crippen LogP contribution is 2.36. The molecule has 2 saturated heterocycles. The van der Waals surface area contributed by atoms with Crippen molar-refractivity contribution in [3.8, 4) is 0 Å². The van der Waals surface area contributed by atoms with E-state index in [4.69, 9.17) is 9.47 Å².